The minimum absolute atomic E-state index is 0.000463. The number of nitrogens with one attached hydrogen (secondary N) is 2. The van der Waals surface area contributed by atoms with Gasteiger partial charge in [0.25, 0.3) is 5.91 Å². The van der Waals surface area contributed by atoms with Gasteiger partial charge in [-0.2, -0.15) is 0 Å². The molecule has 1 aliphatic heterocycles. The third kappa shape index (κ3) is 2.70. The van der Waals surface area contributed by atoms with Gasteiger partial charge in [0, 0.05) is 22.9 Å². The van der Waals surface area contributed by atoms with E-state index in [0.717, 1.165) is 19.3 Å². The molecule has 1 saturated heterocycles. The van der Waals surface area contributed by atoms with E-state index in [1.54, 1.807) is 13.0 Å². The second-order valence-electron chi connectivity index (χ2n) is 11.7. The van der Waals surface area contributed by atoms with E-state index < -0.39 is 0 Å². The van der Waals surface area contributed by atoms with Gasteiger partial charge in [0.1, 0.15) is 5.60 Å². The summed E-state index contributed by atoms with van der Waals surface area (Å²) in [7, 11) is 2.06. The molecule has 1 heterocycles. The van der Waals surface area contributed by atoms with Crippen LogP contribution in [0.15, 0.2) is 23.4 Å². The quantitative estimate of drug-likeness (QED) is 0.509. The van der Waals surface area contributed by atoms with Crippen molar-refractivity contribution in [2.75, 3.05) is 7.05 Å². The maximum atomic E-state index is 13.5. The molecule has 176 valence electrons. The second kappa shape index (κ2) is 7.27. The first-order valence-electron chi connectivity index (χ1n) is 12.7. The number of fused-ring (bicyclic) bond motifs is 7. The zero-order valence-electron chi connectivity index (χ0n) is 20.6. The van der Waals surface area contributed by atoms with Crippen LogP contribution in [-0.2, 0) is 14.3 Å². The molecule has 0 radical (unpaired) electrons. The number of epoxide rings is 1. The van der Waals surface area contributed by atoms with Crippen molar-refractivity contribution in [3.63, 3.8) is 0 Å². The first-order chi connectivity index (χ1) is 15.1. The third-order valence-corrected chi connectivity index (χ3v) is 10.8. The number of hydrogen-bond acceptors (Lipinski definition) is 4. The molecule has 5 aliphatic rings. The summed E-state index contributed by atoms with van der Waals surface area (Å²) in [5.41, 5.74) is 1.39. The second-order valence-corrected chi connectivity index (χ2v) is 11.7. The lowest BCUT2D eigenvalue weighted by Crippen LogP contribution is -2.59. The summed E-state index contributed by atoms with van der Waals surface area (Å²) in [5.74, 6) is 1.96. The topological polar surface area (TPSA) is 70.7 Å². The minimum atomic E-state index is -0.160. The van der Waals surface area contributed by atoms with E-state index in [4.69, 9.17) is 4.74 Å². The molecule has 32 heavy (non-hydrogen) atoms. The number of hydrogen-bond donors (Lipinski definition) is 2. The predicted molar refractivity (Wildman–Crippen MR) is 125 cm³/mol. The highest BCUT2D eigenvalue weighted by molar-refractivity contribution is 6.04. The standard InChI is InChI=1S/C27H40N2O3/c1-7-15(2)24(31)29-21-11-12-25(4)18-10-13-26(5)20(17(18)8-9-19(25)23(21)30)14-22-27(26,32-22)16(3)28-6/h7,11,16-20,22,28H,8-10,12-14H2,1-6H3,(H,29,31). The first-order valence-corrected chi connectivity index (χ1v) is 12.7. The molecule has 0 spiro atoms. The van der Waals surface area contributed by atoms with E-state index in [1.165, 1.54) is 19.3 Å². The molecule has 5 nitrogen and oxygen atoms in total. The molecule has 3 saturated carbocycles. The number of carbonyl (C=O) groups is 2. The highest BCUT2D eigenvalue weighted by atomic mass is 16.6. The maximum Gasteiger partial charge on any atom is 0.251 e. The SMILES string of the molecule is CC=C(C)C(=O)NC1=CCC2(C)C(CCC3C2CCC2(C)C3CC3OC32C(C)NC)C1=O. The Morgan fingerprint density at radius 3 is 2.69 bits per heavy atom. The molecular weight excluding hydrogens is 400 g/mol. The van der Waals surface area contributed by atoms with E-state index in [2.05, 4.69) is 38.5 Å². The average Bonchev–Trinajstić information content (AvgIpc) is 3.46. The van der Waals surface area contributed by atoms with E-state index >= 15 is 0 Å². The largest absolute Gasteiger partial charge is 0.364 e. The van der Waals surface area contributed by atoms with Crippen molar-refractivity contribution in [2.24, 2.45) is 34.5 Å². The van der Waals surface area contributed by atoms with Gasteiger partial charge in [-0.15, -0.1) is 0 Å². The molecule has 9 atom stereocenters. The number of ketones is 1. The fourth-order valence-corrected chi connectivity index (χ4v) is 8.74. The molecule has 4 aliphatic carbocycles. The molecule has 2 N–H and O–H groups in total. The number of Topliss-reactive ketones (excluding diaryl/α,β-unsaturated/α-hetero) is 1. The van der Waals surface area contributed by atoms with E-state index in [0.29, 0.717) is 41.2 Å². The van der Waals surface area contributed by atoms with Crippen LogP contribution in [-0.4, -0.2) is 36.5 Å². The predicted octanol–water partition coefficient (Wildman–Crippen LogP) is 4.14. The Morgan fingerprint density at radius 1 is 1.25 bits per heavy atom. The Morgan fingerprint density at radius 2 is 2.00 bits per heavy atom. The van der Waals surface area contributed by atoms with Gasteiger partial charge < -0.3 is 15.4 Å². The molecule has 5 heteroatoms. The van der Waals surface area contributed by atoms with Crippen molar-refractivity contribution in [3.05, 3.63) is 23.4 Å². The van der Waals surface area contributed by atoms with Gasteiger partial charge in [-0.1, -0.05) is 26.0 Å². The molecular formula is C27H40N2O3. The van der Waals surface area contributed by atoms with Crippen LogP contribution >= 0.6 is 0 Å². The molecule has 5 rings (SSSR count). The zero-order valence-corrected chi connectivity index (χ0v) is 20.6. The number of likely N-dealkylation sites (N-methyl/N-ethyl adjacent to an activating group) is 1. The van der Waals surface area contributed by atoms with Gasteiger partial charge in [-0.05, 0) is 89.5 Å². The molecule has 1 amide bonds. The molecule has 4 fully saturated rings. The summed E-state index contributed by atoms with van der Waals surface area (Å²) < 4.78 is 6.40. The lowest BCUT2D eigenvalue weighted by Gasteiger charge is -2.60. The van der Waals surface area contributed by atoms with E-state index in [-0.39, 0.29) is 34.0 Å². The van der Waals surface area contributed by atoms with Crippen LogP contribution < -0.4 is 10.6 Å². The smallest absolute Gasteiger partial charge is 0.251 e. The van der Waals surface area contributed by atoms with Crippen LogP contribution in [0.25, 0.3) is 0 Å². The fourth-order valence-electron chi connectivity index (χ4n) is 8.74. The van der Waals surface area contributed by atoms with Crippen molar-refractivity contribution in [1.29, 1.82) is 0 Å². The van der Waals surface area contributed by atoms with E-state index in [9.17, 15) is 9.59 Å². The highest BCUT2D eigenvalue weighted by Crippen LogP contribution is 2.74. The van der Waals surface area contributed by atoms with Gasteiger partial charge in [-0.25, -0.2) is 0 Å². The molecule has 9 unspecified atom stereocenters. The van der Waals surface area contributed by atoms with Crippen LogP contribution in [0, 0.1) is 34.5 Å². The first kappa shape index (κ1) is 22.3. The van der Waals surface area contributed by atoms with Gasteiger partial charge in [0.15, 0.2) is 5.78 Å². The number of amides is 1. The Hall–Kier alpha value is -1.46. The molecule has 0 aromatic carbocycles. The number of rotatable bonds is 4. The summed E-state index contributed by atoms with van der Waals surface area (Å²) in [5, 5.41) is 6.40. The fraction of sp³-hybridized carbons (Fsp3) is 0.778. The van der Waals surface area contributed by atoms with Crippen LogP contribution in [0.1, 0.15) is 73.1 Å². The zero-order chi connectivity index (χ0) is 23.1. The van der Waals surface area contributed by atoms with Crippen LogP contribution in [0.2, 0.25) is 0 Å². The normalized spacial score (nSPS) is 48.1. The Labute approximate surface area is 192 Å². The Balaban J connectivity index is 1.39. The number of carbonyl (C=O) groups excluding carboxylic acids is 2. The van der Waals surface area contributed by atoms with Crippen molar-refractivity contribution in [2.45, 2.75) is 90.9 Å². The van der Waals surface area contributed by atoms with E-state index in [1.807, 2.05) is 13.0 Å². The van der Waals surface area contributed by atoms with Gasteiger partial charge >= 0.3 is 0 Å². The van der Waals surface area contributed by atoms with Crippen LogP contribution in [0.5, 0.6) is 0 Å². The van der Waals surface area contributed by atoms with Crippen molar-refractivity contribution in [3.8, 4) is 0 Å². The lowest BCUT2D eigenvalue weighted by molar-refractivity contribution is -0.146. The monoisotopic (exact) mass is 440 g/mol. The van der Waals surface area contributed by atoms with Crippen LogP contribution in [0.3, 0.4) is 0 Å². The number of ether oxygens (including phenoxy) is 1. The summed E-state index contributed by atoms with van der Waals surface area (Å²) in [6, 6.07) is 0.372. The lowest BCUT2D eigenvalue weighted by atomic mass is 9.44. The van der Waals surface area contributed by atoms with Crippen LogP contribution in [0.4, 0.5) is 0 Å². The summed E-state index contributed by atoms with van der Waals surface area (Å²) >= 11 is 0. The average molecular weight is 441 g/mol. The minimum Gasteiger partial charge on any atom is -0.364 e. The molecule has 0 aromatic rings. The Bertz CT molecular complexity index is 909. The molecule has 0 bridgehead atoms. The molecule has 0 aromatic heterocycles. The van der Waals surface area contributed by atoms with Gasteiger partial charge in [0.2, 0.25) is 0 Å². The van der Waals surface area contributed by atoms with Crippen molar-refractivity contribution < 1.29 is 14.3 Å². The summed E-state index contributed by atoms with van der Waals surface area (Å²) in [6.45, 7) is 10.8. The van der Waals surface area contributed by atoms with Gasteiger partial charge in [0.05, 0.1) is 11.8 Å². The number of allylic oxidation sites excluding steroid dienone is 3. The highest BCUT2D eigenvalue weighted by Gasteiger charge is 2.78. The van der Waals surface area contributed by atoms with Gasteiger partial charge in [-0.3, -0.25) is 9.59 Å². The van der Waals surface area contributed by atoms with Crippen molar-refractivity contribution >= 4 is 11.7 Å². The van der Waals surface area contributed by atoms with Crippen molar-refractivity contribution in [1.82, 2.24) is 10.6 Å². The summed E-state index contributed by atoms with van der Waals surface area (Å²) in [4.78, 5) is 25.9. The maximum absolute atomic E-state index is 13.5. The summed E-state index contributed by atoms with van der Waals surface area (Å²) in [6.07, 6.45) is 10.7. The third-order valence-electron chi connectivity index (χ3n) is 10.8. The Kier molecular flexibility index (Phi) is 5.07.